The topological polar surface area (TPSA) is 39.7 Å². The second-order valence-corrected chi connectivity index (χ2v) is 7.31. The Morgan fingerprint density at radius 2 is 1.81 bits per heavy atom. The Balaban J connectivity index is 0.00000261. The van der Waals surface area contributed by atoms with Crippen LogP contribution in [0.2, 0.25) is 0 Å². The molecule has 0 radical (unpaired) electrons. The number of benzene rings is 1. The van der Waals surface area contributed by atoms with Gasteiger partial charge in [0.25, 0.3) is 0 Å². The molecule has 3 rings (SSSR count). The third-order valence-electron chi connectivity index (χ3n) is 5.27. The van der Waals surface area contributed by atoms with E-state index in [1.807, 2.05) is 6.92 Å². The number of hydrogen-bond acceptors (Lipinski definition) is 2. The lowest BCUT2D eigenvalue weighted by Gasteiger charge is -2.33. The zero-order valence-corrected chi connectivity index (χ0v) is 18.5. The smallest absolute Gasteiger partial charge is 0.191 e. The molecule has 152 valence electrons. The number of hydrogen-bond donors (Lipinski definition) is 2. The van der Waals surface area contributed by atoms with E-state index >= 15 is 0 Å². The van der Waals surface area contributed by atoms with Crippen LogP contribution in [-0.2, 0) is 0 Å². The quantitative estimate of drug-likeness (QED) is 0.360. The second-order valence-electron chi connectivity index (χ2n) is 7.31. The molecule has 1 aliphatic heterocycles. The van der Waals surface area contributed by atoms with Gasteiger partial charge in [-0.05, 0) is 51.3 Å². The van der Waals surface area contributed by atoms with Crippen LogP contribution in [0.4, 0.5) is 8.78 Å². The summed E-state index contributed by atoms with van der Waals surface area (Å²) in [7, 11) is 0. The van der Waals surface area contributed by atoms with Crippen LogP contribution in [0.15, 0.2) is 23.2 Å². The largest absolute Gasteiger partial charge is 0.354 e. The second kappa shape index (κ2) is 10.5. The summed E-state index contributed by atoms with van der Waals surface area (Å²) < 4.78 is 27.9. The first-order valence-electron chi connectivity index (χ1n) is 9.86. The van der Waals surface area contributed by atoms with Crippen LogP contribution in [0.25, 0.3) is 0 Å². The monoisotopic (exact) mass is 492 g/mol. The lowest BCUT2D eigenvalue weighted by Crippen LogP contribution is -2.49. The molecule has 2 atom stereocenters. The highest BCUT2D eigenvalue weighted by Crippen LogP contribution is 2.43. The molecule has 7 heteroatoms. The molecule has 0 spiro atoms. The summed E-state index contributed by atoms with van der Waals surface area (Å²) in [5.41, 5.74) is 0.203. The van der Waals surface area contributed by atoms with Crippen molar-refractivity contribution in [3.8, 4) is 0 Å². The summed E-state index contributed by atoms with van der Waals surface area (Å²) in [4.78, 5) is 7.02. The van der Waals surface area contributed by atoms with Crippen LogP contribution in [0.1, 0.15) is 51.0 Å². The minimum absolute atomic E-state index is 0. The van der Waals surface area contributed by atoms with E-state index in [0.29, 0.717) is 12.6 Å². The van der Waals surface area contributed by atoms with Crippen molar-refractivity contribution in [2.24, 2.45) is 4.99 Å². The van der Waals surface area contributed by atoms with Crippen LogP contribution in [0.3, 0.4) is 0 Å². The fourth-order valence-corrected chi connectivity index (χ4v) is 3.82. The Kier molecular flexibility index (Phi) is 8.72. The molecule has 2 fully saturated rings. The summed E-state index contributed by atoms with van der Waals surface area (Å²) in [6.45, 7) is 8.27. The zero-order valence-electron chi connectivity index (χ0n) is 16.2. The molecular formula is C20H31F2IN4. The number of rotatable bonds is 6. The molecule has 1 aromatic carbocycles. The first-order valence-corrected chi connectivity index (χ1v) is 9.86. The van der Waals surface area contributed by atoms with Gasteiger partial charge in [0.2, 0.25) is 0 Å². The number of nitrogens with one attached hydrogen (secondary N) is 2. The van der Waals surface area contributed by atoms with Crippen LogP contribution in [0, 0.1) is 11.6 Å². The van der Waals surface area contributed by atoms with Crippen LogP contribution in [0.5, 0.6) is 0 Å². The van der Waals surface area contributed by atoms with Gasteiger partial charge in [-0.3, -0.25) is 4.99 Å². The van der Waals surface area contributed by atoms with Gasteiger partial charge in [0.15, 0.2) is 5.96 Å². The number of likely N-dealkylation sites (tertiary alicyclic amines) is 1. The molecule has 0 bridgehead atoms. The third-order valence-corrected chi connectivity index (χ3v) is 5.27. The summed E-state index contributed by atoms with van der Waals surface area (Å²) >= 11 is 0. The first-order chi connectivity index (χ1) is 12.6. The molecule has 1 saturated carbocycles. The number of halogens is 3. The van der Waals surface area contributed by atoms with Gasteiger partial charge in [0.05, 0.1) is 0 Å². The van der Waals surface area contributed by atoms with E-state index in [9.17, 15) is 8.78 Å². The lowest BCUT2D eigenvalue weighted by atomic mass is 10.1. The van der Waals surface area contributed by atoms with Gasteiger partial charge >= 0.3 is 0 Å². The Bertz CT molecular complexity index is 612. The Morgan fingerprint density at radius 1 is 1.15 bits per heavy atom. The van der Waals surface area contributed by atoms with E-state index in [1.54, 1.807) is 0 Å². The molecule has 0 amide bonds. The summed E-state index contributed by atoms with van der Waals surface area (Å²) in [6.07, 6.45) is 4.12. The highest BCUT2D eigenvalue weighted by Gasteiger charge is 2.42. The number of guanidine groups is 1. The fourth-order valence-electron chi connectivity index (χ4n) is 3.82. The summed E-state index contributed by atoms with van der Waals surface area (Å²) in [5, 5.41) is 6.89. The van der Waals surface area contributed by atoms with Crippen LogP contribution in [-0.4, -0.2) is 49.1 Å². The molecule has 2 N–H and O–H groups in total. The average molecular weight is 492 g/mol. The van der Waals surface area contributed by atoms with Gasteiger partial charge in [-0.15, -0.1) is 24.0 Å². The van der Waals surface area contributed by atoms with Crippen molar-refractivity contribution in [1.82, 2.24) is 15.5 Å². The van der Waals surface area contributed by atoms with Crippen LogP contribution >= 0.6 is 24.0 Å². The fraction of sp³-hybridized carbons (Fsp3) is 0.650. The molecular weight excluding hydrogens is 461 g/mol. The van der Waals surface area contributed by atoms with Crippen LogP contribution < -0.4 is 10.6 Å². The maximum absolute atomic E-state index is 14.0. The zero-order chi connectivity index (χ0) is 18.5. The molecule has 27 heavy (non-hydrogen) atoms. The molecule has 2 aliphatic rings. The average Bonchev–Trinajstić information content (AvgIpc) is 3.35. The van der Waals surface area contributed by atoms with E-state index in [1.165, 1.54) is 31.2 Å². The maximum Gasteiger partial charge on any atom is 0.191 e. The minimum Gasteiger partial charge on any atom is -0.354 e. The van der Waals surface area contributed by atoms with Crippen molar-refractivity contribution >= 4 is 29.9 Å². The van der Waals surface area contributed by atoms with Crippen molar-refractivity contribution in [3.05, 3.63) is 35.4 Å². The lowest BCUT2D eigenvalue weighted by molar-refractivity contribution is 0.206. The van der Waals surface area contributed by atoms with Crippen molar-refractivity contribution in [2.75, 3.05) is 26.2 Å². The molecule has 1 aliphatic carbocycles. The molecule has 1 aromatic rings. The van der Waals surface area contributed by atoms with E-state index in [0.717, 1.165) is 38.3 Å². The summed E-state index contributed by atoms with van der Waals surface area (Å²) in [5.74, 6) is -0.258. The van der Waals surface area contributed by atoms with E-state index in [-0.39, 0.29) is 41.5 Å². The summed E-state index contributed by atoms with van der Waals surface area (Å²) in [6, 6.07) is 4.52. The Hall–Kier alpha value is -0.960. The molecule has 0 aromatic heterocycles. The maximum atomic E-state index is 14.0. The predicted octanol–water partition coefficient (Wildman–Crippen LogP) is 3.87. The Morgan fingerprint density at radius 3 is 2.41 bits per heavy atom. The van der Waals surface area contributed by atoms with Gasteiger partial charge < -0.3 is 15.5 Å². The predicted molar refractivity (Wildman–Crippen MR) is 117 cm³/mol. The van der Waals surface area contributed by atoms with Crippen molar-refractivity contribution in [1.29, 1.82) is 0 Å². The molecule has 1 saturated heterocycles. The van der Waals surface area contributed by atoms with Crippen molar-refractivity contribution in [3.63, 3.8) is 0 Å². The van der Waals surface area contributed by atoms with Gasteiger partial charge in [-0.25, -0.2) is 8.78 Å². The number of aliphatic imine (C=N–C) groups is 1. The standard InChI is InChI=1S/C20H30F2N4.HI/c1-3-10-26-11-8-14(9-12-26)24-20(23-4-2)25-18-13-15(18)19-16(21)6-5-7-17(19)22;/h5-7,14-15,18H,3-4,8-13H2,1-2H3,(H2,23,24,25);1H. The normalized spacial score (nSPS) is 23.6. The molecule has 2 unspecified atom stereocenters. The molecule has 1 heterocycles. The highest BCUT2D eigenvalue weighted by molar-refractivity contribution is 14.0. The SMILES string of the molecule is CCCN1CCC(NC(=NCC)NC2CC2c2c(F)cccc2F)CC1.I. The number of piperidine rings is 1. The minimum atomic E-state index is -0.454. The van der Waals surface area contributed by atoms with Gasteiger partial charge in [0, 0.05) is 43.2 Å². The Labute approximate surface area is 178 Å². The van der Waals surface area contributed by atoms with Crippen molar-refractivity contribution in [2.45, 2.75) is 57.5 Å². The molecule has 4 nitrogen and oxygen atoms in total. The first kappa shape index (κ1) is 22.3. The van der Waals surface area contributed by atoms with Gasteiger partial charge in [0.1, 0.15) is 11.6 Å². The van der Waals surface area contributed by atoms with E-state index in [4.69, 9.17) is 0 Å². The third kappa shape index (κ3) is 6.01. The van der Waals surface area contributed by atoms with Crippen molar-refractivity contribution < 1.29 is 8.78 Å². The number of nitrogens with zero attached hydrogens (tertiary/aromatic N) is 2. The van der Waals surface area contributed by atoms with Gasteiger partial charge in [-0.1, -0.05) is 13.0 Å². The highest BCUT2D eigenvalue weighted by atomic mass is 127. The van der Waals surface area contributed by atoms with Gasteiger partial charge in [-0.2, -0.15) is 0 Å². The van der Waals surface area contributed by atoms with E-state index in [2.05, 4.69) is 27.4 Å². The van der Waals surface area contributed by atoms with E-state index < -0.39 is 11.6 Å².